The highest BCUT2D eigenvalue weighted by molar-refractivity contribution is 5.95. The van der Waals surface area contributed by atoms with Gasteiger partial charge in [-0.1, -0.05) is 57.2 Å². The Morgan fingerprint density at radius 1 is 1.17 bits per heavy atom. The lowest BCUT2D eigenvalue weighted by atomic mass is 9.87. The molecule has 1 aliphatic carbocycles. The van der Waals surface area contributed by atoms with Crippen LogP contribution in [0.2, 0.25) is 0 Å². The van der Waals surface area contributed by atoms with Crippen LogP contribution in [0.15, 0.2) is 67.3 Å². The molecule has 1 aliphatic heterocycles. The molecule has 5 rings (SSSR count). The number of benzene rings is 2. The third kappa shape index (κ3) is 7.05. The maximum Gasteiger partial charge on any atom is 0.332 e. The number of aromatic nitrogens is 1. The first-order valence-electron chi connectivity index (χ1n) is 15.9. The van der Waals surface area contributed by atoms with E-state index < -0.39 is 47.0 Å². The number of urea groups is 1. The molecule has 1 saturated heterocycles. The van der Waals surface area contributed by atoms with Gasteiger partial charge in [0.15, 0.2) is 0 Å². The summed E-state index contributed by atoms with van der Waals surface area (Å²) in [4.78, 5) is 46.9. The Bertz CT molecular complexity index is 1640. The van der Waals surface area contributed by atoms with Gasteiger partial charge < -0.3 is 34.9 Å². The fourth-order valence-electron chi connectivity index (χ4n) is 6.03. The number of amides is 3. The summed E-state index contributed by atoms with van der Waals surface area (Å²) < 4.78 is 17.4. The van der Waals surface area contributed by atoms with Crippen LogP contribution in [0.5, 0.6) is 11.5 Å². The number of fused-ring (bicyclic) bond motifs is 1. The molecular weight excluding hydrogens is 600 g/mol. The first kappa shape index (κ1) is 33.7. The zero-order valence-corrected chi connectivity index (χ0v) is 27.6. The number of methoxy groups -OCH3 is 1. The van der Waals surface area contributed by atoms with Crippen molar-refractivity contribution in [2.75, 3.05) is 26.9 Å². The Hall–Kier alpha value is -4.64. The van der Waals surface area contributed by atoms with Crippen molar-refractivity contribution >= 4 is 28.8 Å². The van der Waals surface area contributed by atoms with Gasteiger partial charge >= 0.3 is 12.0 Å². The molecule has 3 aromatic rings. The molecule has 0 unspecified atom stereocenters. The van der Waals surface area contributed by atoms with Crippen LogP contribution in [0.3, 0.4) is 0 Å². The monoisotopic (exact) mass is 644 g/mol. The third-order valence-corrected chi connectivity index (χ3v) is 8.98. The predicted molar refractivity (Wildman–Crippen MR) is 178 cm³/mol. The molecule has 250 valence electrons. The molecule has 0 bridgehead atoms. The Balaban J connectivity index is 1.47. The lowest BCUT2D eigenvalue weighted by molar-refractivity contribution is -0.149. The zero-order valence-electron chi connectivity index (χ0n) is 27.6. The number of likely N-dealkylation sites (tertiary alicyclic amines) is 1. The maximum atomic E-state index is 14.0. The molecular formula is C36H44N4O7. The SMILES string of the molecule is C=C[C@@H]1C[C@]1(NC(=O)[C@@H]1C[C@@H](Oc2cc(-c3ccccc3)nc3cc(OC)ccc23)CN1C(=O)N[C@H](CO)C(C)(C)C)C(=O)OCC. The zero-order chi connectivity index (χ0) is 33.9. The molecule has 1 saturated carbocycles. The van der Waals surface area contributed by atoms with Crippen molar-refractivity contribution in [3.8, 4) is 22.8 Å². The molecule has 47 heavy (non-hydrogen) atoms. The van der Waals surface area contributed by atoms with Crippen LogP contribution >= 0.6 is 0 Å². The fraction of sp³-hybridized carbons (Fsp3) is 0.444. The number of pyridine rings is 1. The van der Waals surface area contributed by atoms with Gasteiger partial charge in [-0.2, -0.15) is 0 Å². The van der Waals surface area contributed by atoms with E-state index in [1.165, 1.54) is 4.90 Å². The van der Waals surface area contributed by atoms with Crippen molar-refractivity contribution in [3.63, 3.8) is 0 Å². The van der Waals surface area contributed by atoms with E-state index in [2.05, 4.69) is 17.2 Å². The van der Waals surface area contributed by atoms with Crippen molar-refractivity contribution in [1.82, 2.24) is 20.5 Å². The van der Waals surface area contributed by atoms with E-state index in [0.717, 1.165) is 10.9 Å². The van der Waals surface area contributed by atoms with Crippen LogP contribution < -0.4 is 20.1 Å². The second-order valence-electron chi connectivity index (χ2n) is 13.2. The first-order chi connectivity index (χ1) is 22.4. The molecule has 2 aliphatic rings. The quantitative estimate of drug-likeness (QED) is 0.205. The minimum Gasteiger partial charge on any atom is -0.497 e. The molecule has 3 N–H and O–H groups in total. The highest BCUT2D eigenvalue weighted by Crippen LogP contribution is 2.46. The summed E-state index contributed by atoms with van der Waals surface area (Å²) in [5.41, 5.74) is 0.593. The molecule has 2 heterocycles. The van der Waals surface area contributed by atoms with Crippen LogP contribution in [-0.4, -0.2) is 83.5 Å². The second kappa shape index (κ2) is 13.6. The van der Waals surface area contributed by atoms with E-state index in [1.807, 2.05) is 75.4 Å². The molecule has 11 heteroatoms. The Labute approximate surface area is 275 Å². The minimum atomic E-state index is -1.22. The molecule has 3 amide bonds. The van der Waals surface area contributed by atoms with E-state index in [0.29, 0.717) is 29.1 Å². The maximum absolute atomic E-state index is 14.0. The number of hydrogen-bond acceptors (Lipinski definition) is 8. The molecule has 5 atom stereocenters. The van der Waals surface area contributed by atoms with E-state index >= 15 is 0 Å². The standard InChI is InChI=1S/C36H44N4O7/c1-7-23-19-36(23,33(43)46-8-2)39-32(42)29-17-25(20-40(29)34(44)38-31(21-41)35(3,4)5)47-30-18-27(22-12-10-9-11-13-22)37-28-16-24(45-6)14-15-26(28)30/h7,9-16,18,23,25,29,31,41H,1,8,17,19-21H2,2-6H3,(H,38,44)(H,39,42)/t23-,25-,29+,31-,36-/m1/s1. The molecule has 1 aromatic heterocycles. The van der Waals surface area contributed by atoms with Crippen LogP contribution in [0.25, 0.3) is 22.2 Å². The van der Waals surface area contributed by atoms with Crippen LogP contribution in [0.1, 0.15) is 40.5 Å². The number of aliphatic hydroxyl groups is 1. The van der Waals surface area contributed by atoms with Crippen molar-refractivity contribution in [2.24, 2.45) is 11.3 Å². The predicted octanol–water partition coefficient (Wildman–Crippen LogP) is 4.47. The number of ether oxygens (including phenoxy) is 3. The topological polar surface area (TPSA) is 139 Å². The summed E-state index contributed by atoms with van der Waals surface area (Å²) in [7, 11) is 1.59. The number of hydrogen-bond donors (Lipinski definition) is 3. The normalized spacial score (nSPS) is 22.7. The van der Waals surface area contributed by atoms with E-state index in [9.17, 15) is 19.5 Å². The number of nitrogens with one attached hydrogen (secondary N) is 2. The Morgan fingerprint density at radius 2 is 1.91 bits per heavy atom. The van der Waals surface area contributed by atoms with Gasteiger partial charge in [0.1, 0.15) is 29.2 Å². The fourth-order valence-corrected chi connectivity index (χ4v) is 6.03. The van der Waals surface area contributed by atoms with Gasteiger partial charge in [0.05, 0.1) is 44.1 Å². The average Bonchev–Trinajstić information content (AvgIpc) is 3.61. The van der Waals surface area contributed by atoms with Gasteiger partial charge in [-0.25, -0.2) is 14.6 Å². The number of nitrogens with zero attached hydrogens (tertiary/aromatic N) is 2. The number of esters is 1. The summed E-state index contributed by atoms with van der Waals surface area (Å²) >= 11 is 0. The summed E-state index contributed by atoms with van der Waals surface area (Å²) in [6.45, 7) is 11.2. The van der Waals surface area contributed by atoms with Crippen LogP contribution in [0, 0.1) is 11.3 Å². The van der Waals surface area contributed by atoms with E-state index in [4.69, 9.17) is 19.2 Å². The lowest BCUT2D eigenvalue weighted by Crippen LogP contribution is -2.57. The number of carbonyl (C=O) groups is 3. The van der Waals surface area contributed by atoms with Crippen molar-refractivity contribution < 1.29 is 33.7 Å². The summed E-state index contributed by atoms with van der Waals surface area (Å²) in [6, 6.07) is 15.1. The summed E-state index contributed by atoms with van der Waals surface area (Å²) in [5, 5.41) is 16.6. The number of rotatable bonds is 11. The molecule has 0 spiro atoms. The Kier molecular flexibility index (Phi) is 9.76. The van der Waals surface area contributed by atoms with Gasteiger partial charge in [0.25, 0.3) is 0 Å². The average molecular weight is 645 g/mol. The van der Waals surface area contributed by atoms with E-state index in [-0.39, 0.29) is 32.1 Å². The summed E-state index contributed by atoms with van der Waals surface area (Å²) in [5.74, 6) is -0.109. The highest BCUT2D eigenvalue weighted by atomic mass is 16.5. The molecule has 2 aromatic carbocycles. The summed E-state index contributed by atoms with van der Waals surface area (Å²) in [6.07, 6.45) is 1.58. The lowest BCUT2D eigenvalue weighted by Gasteiger charge is -2.33. The van der Waals surface area contributed by atoms with Crippen LogP contribution in [0.4, 0.5) is 4.79 Å². The second-order valence-corrected chi connectivity index (χ2v) is 13.2. The number of aliphatic hydroxyl groups excluding tert-OH is 1. The van der Waals surface area contributed by atoms with Crippen molar-refractivity contribution in [3.05, 3.63) is 67.3 Å². The van der Waals surface area contributed by atoms with Gasteiger partial charge in [-0.3, -0.25) is 4.79 Å². The molecule has 11 nitrogen and oxygen atoms in total. The molecule has 0 radical (unpaired) electrons. The van der Waals surface area contributed by atoms with Crippen molar-refractivity contribution in [1.29, 1.82) is 0 Å². The largest absolute Gasteiger partial charge is 0.497 e. The third-order valence-electron chi connectivity index (χ3n) is 8.98. The van der Waals surface area contributed by atoms with Gasteiger partial charge in [0.2, 0.25) is 5.91 Å². The minimum absolute atomic E-state index is 0.0874. The molecule has 2 fully saturated rings. The van der Waals surface area contributed by atoms with Crippen molar-refractivity contribution in [2.45, 2.75) is 64.3 Å². The smallest absolute Gasteiger partial charge is 0.332 e. The highest BCUT2D eigenvalue weighted by Gasteiger charge is 2.62. The Morgan fingerprint density at radius 3 is 2.53 bits per heavy atom. The number of carbonyl (C=O) groups excluding carboxylic acids is 3. The van der Waals surface area contributed by atoms with Gasteiger partial charge in [-0.05, 0) is 30.9 Å². The van der Waals surface area contributed by atoms with Crippen LogP contribution in [-0.2, 0) is 14.3 Å². The van der Waals surface area contributed by atoms with E-state index in [1.54, 1.807) is 20.1 Å². The first-order valence-corrected chi connectivity index (χ1v) is 15.9. The van der Waals surface area contributed by atoms with Gasteiger partial charge in [-0.15, -0.1) is 6.58 Å². The van der Waals surface area contributed by atoms with Gasteiger partial charge in [0, 0.05) is 35.4 Å².